The van der Waals surface area contributed by atoms with Crippen LogP contribution in [0.1, 0.15) is 49.1 Å². The first-order valence-corrected chi connectivity index (χ1v) is 10.9. The van der Waals surface area contributed by atoms with Crippen LogP contribution in [0.25, 0.3) is 0 Å². The van der Waals surface area contributed by atoms with Crippen LogP contribution in [0.5, 0.6) is 0 Å². The number of piperidine rings is 1. The van der Waals surface area contributed by atoms with E-state index in [2.05, 4.69) is 24.7 Å². The Hall–Kier alpha value is -2.00. The summed E-state index contributed by atoms with van der Waals surface area (Å²) in [5.74, 6) is 1.36. The molecule has 148 valence electrons. The van der Waals surface area contributed by atoms with Crippen molar-refractivity contribution in [3.05, 3.63) is 29.0 Å². The smallest absolute Gasteiger partial charge is 0.244 e. The minimum Gasteiger partial charge on any atom is -0.357 e. The van der Waals surface area contributed by atoms with Gasteiger partial charge in [-0.15, -0.1) is 0 Å². The maximum absolute atomic E-state index is 12.8. The fourth-order valence-electron chi connectivity index (χ4n) is 3.59. The Bertz CT molecular complexity index is 916. The van der Waals surface area contributed by atoms with Gasteiger partial charge in [-0.3, -0.25) is 4.68 Å². The van der Waals surface area contributed by atoms with Crippen LogP contribution in [0.2, 0.25) is 0 Å². The minimum absolute atomic E-state index is 0.0566. The van der Waals surface area contributed by atoms with Gasteiger partial charge in [-0.05, 0) is 47.0 Å². The van der Waals surface area contributed by atoms with E-state index in [0.29, 0.717) is 23.8 Å². The highest BCUT2D eigenvalue weighted by molar-refractivity contribution is 7.89. The number of hydrogen-bond donors (Lipinski definition) is 1. The van der Waals surface area contributed by atoms with E-state index < -0.39 is 10.0 Å². The van der Waals surface area contributed by atoms with Gasteiger partial charge in [0.1, 0.15) is 16.5 Å². The number of hydrogen-bond acceptors (Lipinski definition) is 6. The van der Waals surface area contributed by atoms with E-state index in [-0.39, 0.29) is 11.4 Å². The number of rotatable bonds is 6. The number of aromatic nitrogens is 4. The summed E-state index contributed by atoms with van der Waals surface area (Å²) in [7, 11) is -3.69. The molecule has 8 nitrogen and oxygen atoms in total. The van der Waals surface area contributed by atoms with Gasteiger partial charge in [0.25, 0.3) is 0 Å². The number of nitrogens with one attached hydrogen (secondary N) is 1. The van der Waals surface area contributed by atoms with Gasteiger partial charge in [-0.1, -0.05) is 0 Å². The van der Waals surface area contributed by atoms with E-state index in [1.807, 2.05) is 19.9 Å². The van der Waals surface area contributed by atoms with Crippen LogP contribution in [0.3, 0.4) is 0 Å². The van der Waals surface area contributed by atoms with Crippen molar-refractivity contribution in [2.75, 3.05) is 18.0 Å². The zero-order valence-electron chi connectivity index (χ0n) is 16.5. The Balaban J connectivity index is 1.80. The van der Waals surface area contributed by atoms with Crippen LogP contribution in [0.4, 0.5) is 5.82 Å². The zero-order chi connectivity index (χ0) is 19.6. The fourth-order valence-corrected chi connectivity index (χ4v) is 4.97. The highest BCUT2D eigenvalue weighted by Gasteiger charge is 2.24. The summed E-state index contributed by atoms with van der Waals surface area (Å²) in [6.07, 6.45) is 3.56. The van der Waals surface area contributed by atoms with Crippen LogP contribution in [0, 0.1) is 20.8 Å². The average molecular weight is 393 g/mol. The van der Waals surface area contributed by atoms with E-state index in [0.717, 1.165) is 37.4 Å². The molecule has 9 heteroatoms. The molecule has 0 aromatic carbocycles. The van der Waals surface area contributed by atoms with Crippen molar-refractivity contribution in [1.82, 2.24) is 24.5 Å². The SMILES string of the molecule is CCn1nc(C)c(S(=O)(=O)NCc2nc(C)cc(N3CCCCC3)n2)c1C. The topological polar surface area (TPSA) is 93.0 Å². The van der Waals surface area contributed by atoms with Gasteiger partial charge in [0.2, 0.25) is 10.0 Å². The maximum Gasteiger partial charge on any atom is 0.244 e. The lowest BCUT2D eigenvalue weighted by molar-refractivity contribution is 0.568. The number of aryl methyl sites for hydroxylation is 3. The maximum atomic E-state index is 12.8. The summed E-state index contributed by atoms with van der Waals surface area (Å²) in [4.78, 5) is 11.5. The monoisotopic (exact) mass is 392 g/mol. The van der Waals surface area contributed by atoms with Crippen LogP contribution in [-0.2, 0) is 23.1 Å². The van der Waals surface area contributed by atoms with Crippen molar-refractivity contribution < 1.29 is 8.42 Å². The first-order chi connectivity index (χ1) is 12.8. The molecule has 1 aliphatic rings. The Labute approximate surface area is 161 Å². The minimum atomic E-state index is -3.69. The Kier molecular flexibility index (Phi) is 5.81. The van der Waals surface area contributed by atoms with Crippen LogP contribution >= 0.6 is 0 Å². The quantitative estimate of drug-likeness (QED) is 0.809. The van der Waals surface area contributed by atoms with Gasteiger partial charge in [0.15, 0.2) is 0 Å². The molecule has 1 aliphatic heterocycles. The van der Waals surface area contributed by atoms with Gasteiger partial charge in [0, 0.05) is 31.4 Å². The van der Waals surface area contributed by atoms with E-state index in [9.17, 15) is 8.42 Å². The molecule has 3 rings (SSSR count). The molecule has 0 atom stereocenters. The van der Waals surface area contributed by atoms with Crippen molar-refractivity contribution in [2.45, 2.75) is 64.9 Å². The fraction of sp³-hybridized carbons (Fsp3) is 0.611. The van der Waals surface area contributed by atoms with Gasteiger partial charge in [0.05, 0.1) is 17.9 Å². The molecule has 2 aromatic rings. The molecule has 0 bridgehead atoms. The Morgan fingerprint density at radius 2 is 1.81 bits per heavy atom. The number of sulfonamides is 1. The average Bonchev–Trinajstić information content (AvgIpc) is 2.94. The predicted molar refractivity (Wildman–Crippen MR) is 104 cm³/mol. The first kappa shape index (κ1) is 19.8. The van der Waals surface area contributed by atoms with Gasteiger partial charge in [-0.25, -0.2) is 23.1 Å². The molecule has 1 N–H and O–H groups in total. The molecular weight excluding hydrogens is 364 g/mol. The van der Waals surface area contributed by atoms with Crippen LogP contribution in [-0.4, -0.2) is 41.3 Å². The molecule has 1 fully saturated rings. The largest absolute Gasteiger partial charge is 0.357 e. The highest BCUT2D eigenvalue weighted by atomic mass is 32.2. The Morgan fingerprint density at radius 1 is 1.11 bits per heavy atom. The third-order valence-electron chi connectivity index (χ3n) is 4.87. The molecule has 2 aromatic heterocycles. The van der Waals surface area contributed by atoms with Crippen molar-refractivity contribution in [1.29, 1.82) is 0 Å². The van der Waals surface area contributed by atoms with Crippen molar-refractivity contribution >= 4 is 15.8 Å². The van der Waals surface area contributed by atoms with E-state index in [4.69, 9.17) is 0 Å². The molecule has 0 spiro atoms. The molecular formula is C18H28N6O2S. The van der Waals surface area contributed by atoms with Crippen molar-refractivity contribution in [3.63, 3.8) is 0 Å². The molecule has 3 heterocycles. The third kappa shape index (κ3) is 4.30. The van der Waals surface area contributed by atoms with Gasteiger partial charge >= 0.3 is 0 Å². The second kappa shape index (κ2) is 7.93. The summed E-state index contributed by atoms with van der Waals surface area (Å²) >= 11 is 0. The summed E-state index contributed by atoms with van der Waals surface area (Å²) in [5.41, 5.74) is 1.98. The van der Waals surface area contributed by atoms with Gasteiger partial charge in [-0.2, -0.15) is 5.10 Å². The number of nitrogens with zero attached hydrogens (tertiary/aromatic N) is 5. The van der Waals surface area contributed by atoms with Crippen LogP contribution < -0.4 is 9.62 Å². The van der Waals surface area contributed by atoms with E-state index >= 15 is 0 Å². The molecule has 0 saturated carbocycles. The molecule has 1 saturated heterocycles. The van der Waals surface area contributed by atoms with E-state index in [1.54, 1.807) is 18.5 Å². The molecule has 0 radical (unpaired) electrons. The summed E-state index contributed by atoms with van der Waals surface area (Å²) in [6, 6.07) is 1.96. The second-order valence-electron chi connectivity index (χ2n) is 6.97. The van der Waals surface area contributed by atoms with Crippen molar-refractivity contribution in [3.8, 4) is 0 Å². The standard InChI is InChI=1S/C18H28N6O2S/c1-5-24-15(4)18(14(3)22-24)27(25,26)19-12-16-20-13(2)11-17(21-16)23-9-7-6-8-10-23/h11,19H,5-10,12H2,1-4H3. The lowest BCUT2D eigenvalue weighted by Gasteiger charge is -2.28. The predicted octanol–water partition coefficient (Wildman–Crippen LogP) is 2.09. The van der Waals surface area contributed by atoms with Crippen LogP contribution in [0.15, 0.2) is 11.0 Å². The summed E-state index contributed by atoms with van der Waals surface area (Å²) < 4.78 is 30.0. The molecule has 0 amide bonds. The lowest BCUT2D eigenvalue weighted by atomic mass is 10.1. The lowest BCUT2D eigenvalue weighted by Crippen LogP contribution is -2.31. The Morgan fingerprint density at radius 3 is 2.44 bits per heavy atom. The second-order valence-corrected chi connectivity index (χ2v) is 8.68. The summed E-state index contributed by atoms with van der Waals surface area (Å²) in [5, 5.41) is 4.30. The number of anilines is 1. The molecule has 0 unspecified atom stereocenters. The van der Waals surface area contributed by atoms with E-state index in [1.165, 1.54) is 6.42 Å². The van der Waals surface area contributed by atoms with Gasteiger partial charge < -0.3 is 4.90 Å². The summed E-state index contributed by atoms with van der Waals surface area (Å²) in [6.45, 7) is 9.98. The zero-order valence-corrected chi connectivity index (χ0v) is 17.3. The normalized spacial score (nSPS) is 15.3. The molecule has 27 heavy (non-hydrogen) atoms. The third-order valence-corrected chi connectivity index (χ3v) is 6.52. The first-order valence-electron chi connectivity index (χ1n) is 9.45. The molecule has 0 aliphatic carbocycles. The highest BCUT2D eigenvalue weighted by Crippen LogP contribution is 2.21. The van der Waals surface area contributed by atoms with Crippen molar-refractivity contribution in [2.24, 2.45) is 0 Å².